The Balaban J connectivity index is 2.06. The highest BCUT2D eigenvalue weighted by molar-refractivity contribution is 6.31. The minimum atomic E-state index is -0.167. The average Bonchev–Trinajstić information content (AvgIpc) is 2.66. The van der Waals surface area contributed by atoms with Crippen molar-refractivity contribution in [1.82, 2.24) is 0 Å². The number of carbonyl (C=O) groups is 1. The molecule has 2 aromatic rings. The first-order chi connectivity index (χ1) is 8.19. The lowest BCUT2D eigenvalue weighted by molar-refractivity contribution is -0.143. The first-order valence-electron chi connectivity index (χ1n) is 5.62. The topological polar surface area (TPSA) is 39.4 Å². The maximum atomic E-state index is 11.2. The van der Waals surface area contributed by atoms with Crippen molar-refractivity contribution in [1.29, 1.82) is 0 Å². The van der Waals surface area contributed by atoms with Gasteiger partial charge in [0.1, 0.15) is 5.58 Å². The highest BCUT2D eigenvalue weighted by Crippen LogP contribution is 2.16. The van der Waals surface area contributed by atoms with Crippen LogP contribution in [0.2, 0.25) is 0 Å². The van der Waals surface area contributed by atoms with Crippen LogP contribution in [-0.4, -0.2) is 20.4 Å². The van der Waals surface area contributed by atoms with Crippen molar-refractivity contribution in [2.75, 3.05) is 6.61 Å². The van der Waals surface area contributed by atoms with E-state index in [2.05, 4.69) is 0 Å². The third-order valence-electron chi connectivity index (χ3n) is 2.52. The summed E-state index contributed by atoms with van der Waals surface area (Å²) in [4.78, 5) is 11.2. The second-order valence-electron chi connectivity index (χ2n) is 3.83. The molecule has 0 aliphatic rings. The van der Waals surface area contributed by atoms with Gasteiger partial charge in [-0.1, -0.05) is 6.07 Å². The van der Waals surface area contributed by atoms with Crippen LogP contribution in [0.3, 0.4) is 0 Å². The number of aryl methyl sites for hydroxylation is 1. The van der Waals surface area contributed by atoms with E-state index in [0.29, 0.717) is 25.1 Å². The molecule has 0 fully saturated rings. The van der Waals surface area contributed by atoms with Crippen LogP contribution in [0.4, 0.5) is 0 Å². The molecule has 0 atom stereocenters. The van der Waals surface area contributed by atoms with E-state index in [9.17, 15) is 4.79 Å². The molecule has 3 nitrogen and oxygen atoms in total. The fourth-order valence-corrected chi connectivity index (χ4v) is 1.75. The van der Waals surface area contributed by atoms with Gasteiger partial charge in [-0.05, 0) is 37.1 Å². The maximum Gasteiger partial charge on any atom is 0.306 e. The quantitative estimate of drug-likeness (QED) is 0.590. The Labute approximate surface area is 101 Å². The summed E-state index contributed by atoms with van der Waals surface area (Å²) in [6.45, 7) is 2.23. The standard InChI is InChI=1S/C13H13BO3/c1-2-16-13(15)6-4-9-3-5-11-10(7-9)8-12(14)17-11/h3,5,7-8H,2,4,6H2,1H3. The molecule has 0 aliphatic heterocycles. The van der Waals surface area contributed by atoms with Crippen LogP contribution >= 0.6 is 0 Å². The zero-order valence-electron chi connectivity index (χ0n) is 9.73. The molecule has 86 valence electrons. The van der Waals surface area contributed by atoms with E-state index in [1.54, 1.807) is 13.0 Å². The smallest absolute Gasteiger partial charge is 0.306 e. The monoisotopic (exact) mass is 228 g/mol. The van der Waals surface area contributed by atoms with Crippen LogP contribution in [0.15, 0.2) is 28.7 Å². The molecule has 0 unspecified atom stereocenters. The largest absolute Gasteiger partial charge is 0.473 e. The van der Waals surface area contributed by atoms with Crippen molar-refractivity contribution in [3.63, 3.8) is 0 Å². The van der Waals surface area contributed by atoms with E-state index in [0.717, 1.165) is 16.5 Å². The van der Waals surface area contributed by atoms with Crippen molar-refractivity contribution in [2.24, 2.45) is 0 Å². The summed E-state index contributed by atoms with van der Waals surface area (Å²) < 4.78 is 10.2. The van der Waals surface area contributed by atoms with Crippen LogP contribution in [0.1, 0.15) is 18.9 Å². The summed E-state index contributed by atoms with van der Waals surface area (Å²) in [6.07, 6.45) is 1.06. The fourth-order valence-electron chi connectivity index (χ4n) is 1.75. The first kappa shape index (κ1) is 11.8. The summed E-state index contributed by atoms with van der Waals surface area (Å²) in [5, 5.41) is 0.962. The predicted octanol–water partition coefficient (Wildman–Crippen LogP) is 1.72. The van der Waals surface area contributed by atoms with E-state index in [4.69, 9.17) is 17.0 Å². The summed E-state index contributed by atoms with van der Waals surface area (Å²) in [7, 11) is 5.56. The summed E-state index contributed by atoms with van der Waals surface area (Å²) >= 11 is 0. The van der Waals surface area contributed by atoms with Crippen molar-refractivity contribution in [3.05, 3.63) is 29.8 Å². The molecule has 0 N–H and O–H groups in total. The summed E-state index contributed by atoms with van der Waals surface area (Å²) in [5.41, 5.74) is 2.25. The second kappa shape index (κ2) is 5.08. The molecule has 1 heterocycles. The Kier molecular flexibility index (Phi) is 3.52. The lowest BCUT2D eigenvalue weighted by Crippen LogP contribution is -2.04. The van der Waals surface area contributed by atoms with Gasteiger partial charge >= 0.3 is 5.97 Å². The molecule has 17 heavy (non-hydrogen) atoms. The Bertz CT molecular complexity index is 530. The highest BCUT2D eigenvalue weighted by Gasteiger charge is 2.05. The number of ether oxygens (including phenoxy) is 1. The molecule has 0 aliphatic carbocycles. The van der Waals surface area contributed by atoms with Crippen LogP contribution in [-0.2, 0) is 16.0 Å². The van der Waals surface area contributed by atoms with Crippen molar-refractivity contribution >= 4 is 30.4 Å². The molecule has 0 saturated heterocycles. The number of benzene rings is 1. The number of furan rings is 1. The van der Waals surface area contributed by atoms with Crippen molar-refractivity contribution in [2.45, 2.75) is 19.8 Å². The van der Waals surface area contributed by atoms with Gasteiger partial charge in [-0.3, -0.25) is 4.79 Å². The predicted molar refractivity (Wildman–Crippen MR) is 66.6 cm³/mol. The van der Waals surface area contributed by atoms with Crippen LogP contribution in [0.5, 0.6) is 0 Å². The molecule has 1 aromatic carbocycles. The molecule has 2 rings (SSSR count). The van der Waals surface area contributed by atoms with Crippen molar-refractivity contribution in [3.8, 4) is 0 Å². The first-order valence-corrected chi connectivity index (χ1v) is 5.62. The van der Waals surface area contributed by atoms with Crippen LogP contribution in [0.25, 0.3) is 11.0 Å². The Morgan fingerprint density at radius 1 is 1.41 bits per heavy atom. The number of esters is 1. The summed E-state index contributed by atoms with van der Waals surface area (Å²) in [6, 6.07) is 7.56. The van der Waals surface area contributed by atoms with Crippen molar-refractivity contribution < 1.29 is 13.9 Å². The average molecular weight is 228 g/mol. The Morgan fingerprint density at radius 3 is 3.00 bits per heavy atom. The zero-order chi connectivity index (χ0) is 12.3. The number of hydrogen-bond donors (Lipinski definition) is 0. The third kappa shape index (κ3) is 2.90. The normalized spacial score (nSPS) is 10.6. The van der Waals surface area contributed by atoms with Gasteiger partial charge in [0.15, 0.2) is 7.85 Å². The lowest BCUT2D eigenvalue weighted by Gasteiger charge is -2.02. The van der Waals surface area contributed by atoms with Crippen LogP contribution in [0, 0.1) is 0 Å². The summed E-state index contributed by atoms with van der Waals surface area (Å²) in [5.74, 6) is -0.167. The van der Waals surface area contributed by atoms with Gasteiger partial charge in [0, 0.05) is 17.5 Å². The SMILES string of the molecule is [B]c1cc2cc(CCC(=O)OCC)ccc2o1. The number of carbonyl (C=O) groups excluding carboxylic acids is 1. The minimum Gasteiger partial charge on any atom is -0.473 e. The molecule has 0 amide bonds. The van der Waals surface area contributed by atoms with Gasteiger partial charge in [0.05, 0.1) is 6.61 Å². The number of rotatable bonds is 4. The third-order valence-corrected chi connectivity index (χ3v) is 2.52. The van der Waals surface area contributed by atoms with E-state index in [1.165, 1.54) is 0 Å². The zero-order valence-corrected chi connectivity index (χ0v) is 9.73. The Hall–Kier alpha value is -1.71. The van der Waals surface area contributed by atoms with E-state index < -0.39 is 0 Å². The van der Waals surface area contributed by atoms with Gasteiger partial charge < -0.3 is 9.15 Å². The molecule has 0 saturated carbocycles. The lowest BCUT2D eigenvalue weighted by atomic mass is 10.0. The van der Waals surface area contributed by atoms with Gasteiger partial charge in [-0.15, -0.1) is 0 Å². The van der Waals surface area contributed by atoms with Gasteiger partial charge in [-0.25, -0.2) is 0 Å². The molecular formula is C13H13BO3. The van der Waals surface area contributed by atoms with Gasteiger partial charge in [0.25, 0.3) is 0 Å². The molecule has 2 radical (unpaired) electrons. The van der Waals surface area contributed by atoms with E-state index in [1.807, 2.05) is 18.2 Å². The number of fused-ring (bicyclic) bond motifs is 1. The van der Waals surface area contributed by atoms with E-state index in [-0.39, 0.29) is 5.97 Å². The fraction of sp³-hybridized carbons (Fsp3) is 0.308. The molecular weight excluding hydrogens is 215 g/mol. The molecule has 4 heteroatoms. The number of hydrogen-bond acceptors (Lipinski definition) is 3. The molecule has 1 aromatic heterocycles. The van der Waals surface area contributed by atoms with Gasteiger partial charge in [-0.2, -0.15) is 0 Å². The molecule has 0 bridgehead atoms. The van der Waals surface area contributed by atoms with Crippen LogP contribution < -0.4 is 5.66 Å². The highest BCUT2D eigenvalue weighted by atomic mass is 16.5. The minimum absolute atomic E-state index is 0.167. The van der Waals surface area contributed by atoms with E-state index >= 15 is 0 Å². The maximum absolute atomic E-state index is 11.2. The molecule has 0 spiro atoms. The Morgan fingerprint density at radius 2 is 2.24 bits per heavy atom. The van der Waals surface area contributed by atoms with Gasteiger partial charge in [0.2, 0.25) is 0 Å². The second-order valence-corrected chi connectivity index (χ2v) is 3.83.